The van der Waals surface area contributed by atoms with E-state index < -0.39 is 0 Å². The normalized spacial score (nSPS) is 11.0. The summed E-state index contributed by atoms with van der Waals surface area (Å²) in [6.07, 6.45) is 3.39. The lowest BCUT2D eigenvalue weighted by molar-refractivity contribution is -0.144. The summed E-state index contributed by atoms with van der Waals surface area (Å²) in [7, 11) is 0. The number of carbonyl (C=O) groups excluding carboxylic acids is 1. The zero-order valence-corrected chi connectivity index (χ0v) is 15.2. The van der Waals surface area contributed by atoms with Crippen molar-refractivity contribution >= 4 is 16.9 Å². The topological polar surface area (TPSA) is 65.5 Å². The molecular weight excluding hydrogens is 342 g/mol. The van der Waals surface area contributed by atoms with Crippen molar-refractivity contribution in [2.75, 3.05) is 0 Å². The van der Waals surface area contributed by atoms with Crippen LogP contribution in [0.4, 0.5) is 0 Å². The van der Waals surface area contributed by atoms with Gasteiger partial charge >= 0.3 is 5.97 Å². The van der Waals surface area contributed by atoms with Crippen molar-refractivity contribution in [3.05, 3.63) is 77.5 Å². The van der Waals surface area contributed by atoms with Crippen LogP contribution in [0.25, 0.3) is 22.3 Å². The molecule has 0 saturated heterocycles. The van der Waals surface area contributed by atoms with Crippen LogP contribution in [0.15, 0.2) is 63.8 Å². The van der Waals surface area contributed by atoms with Crippen molar-refractivity contribution in [2.45, 2.75) is 26.9 Å². The predicted molar refractivity (Wildman–Crippen MR) is 101 cm³/mol. The van der Waals surface area contributed by atoms with E-state index in [2.05, 4.69) is 4.98 Å². The number of carbonyl (C=O) groups is 1. The van der Waals surface area contributed by atoms with Crippen molar-refractivity contribution < 1.29 is 18.4 Å². The highest BCUT2D eigenvalue weighted by atomic mass is 16.5. The Morgan fingerprint density at radius 1 is 1.11 bits per heavy atom. The molecule has 0 radical (unpaired) electrons. The number of esters is 1. The molecule has 27 heavy (non-hydrogen) atoms. The Labute approximate surface area is 156 Å². The summed E-state index contributed by atoms with van der Waals surface area (Å²) in [5.41, 5.74) is 4.80. The molecular formula is C22H19NO4. The highest BCUT2D eigenvalue weighted by Crippen LogP contribution is 2.27. The zero-order chi connectivity index (χ0) is 18.8. The maximum atomic E-state index is 12.2. The van der Waals surface area contributed by atoms with E-state index in [-0.39, 0.29) is 19.0 Å². The van der Waals surface area contributed by atoms with Crippen molar-refractivity contribution in [1.82, 2.24) is 4.98 Å². The van der Waals surface area contributed by atoms with Crippen LogP contribution in [0, 0.1) is 13.8 Å². The Balaban J connectivity index is 1.41. The standard InChI is InChI=1S/C22H19NO4/c1-14-8-9-18-17(12-26-22(18)15(14)2)10-21(24)25-13-20-23-11-19(27-20)16-6-4-3-5-7-16/h3-9,11-12H,10,13H2,1-2H3. The number of rotatable bonds is 5. The molecule has 4 rings (SSSR count). The zero-order valence-electron chi connectivity index (χ0n) is 15.2. The molecule has 0 aliphatic heterocycles. The predicted octanol–water partition coefficient (Wildman–Crippen LogP) is 4.99. The fourth-order valence-corrected chi connectivity index (χ4v) is 2.99. The van der Waals surface area contributed by atoms with Gasteiger partial charge in [-0.05, 0) is 25.0 Å². The van der Waals surface area contributed by atoms with E-state index in [1.54, 1.807) is 12.5 Å². The van der Waals surface area contributed by atoms with Gasteiger partial charge in [0.1, 0.15) is 5.58 Å². The van der Waals surface area contributed by atoms with Crippen LogP contribution >= 0.6 is 0 Å². The van der Waals surface area contributed by atoms with Crippen LogP contribution < -0.4 is 0 Å². The summed E-state index contributed by atoms with van der Waals surface area (Å²) in [5, 5.41) is 0.942. The average molecular weight is 361 g/mol. The lowest BCUT2D eigenvalue weighted by atomic mass is 10.0. The van der Waals surface area contributed by atoms with Crippen molar-refractivity contribution in [1.29, 1.82) is 0 Å². The van der Waals surface area contributed by atoms with Gasteiger partial charge in [-0.15, -0.1) is 0 Å². The first-order chi connectivity index (χ1) is 13.1. The van der Waals surface area contributed by atoms with Gasteiger partial charge in [0.05, 0.1) is 18.9 Å². The van der Waals surface area contributed by atoms with E-state index in [1.165, 1.54) is 0 Å². The van der Waals surface area contributed by atoms with Gasteiger partial charge in [-0.2, -0.15) is 0 Å². The van der Waals surface area contributed by atoms with Gasteiger partial charge in [0.2, 0.25) is 5.89 Å². The number of ether oxygens (including phenoxy) is 1. The number of oxazole rings is 1. The summed E-state index contributed by atoms with van der Waals surface area (Å²) < 4.78 is 16.6. The summed E-state index contributed by atoms with van der Waals surface area (Å²) >= 11 is 0. The maximum absolute atomic E-state index is 12.2. The number of aryl methyl sites for hydroxylation is 2. The molecule has 0 saturated carbocycles. The number of hydrogen-bond acceptors (Lipinski definition) is 5. The number of nitrogens with zero attached hydrogens (tertiary/aromatic N) is 1. The van der Waals surface area contributed by atoms with Crippen LogP contribution in [0.5, 0.6) is 0 Å². The van der Waals surface area contributed by atoms with Crippen molar-refractivity contribution in [2.24, 2.45) is 0 Å². The molecule has 5 heteroatoms. The van der Waals surface area contributed by atoms with Crippen molar-refractivity contribution in [3.63, 3.8) is 0 Å². The number of benzene rings is 2. The SMILES string of the molecule is Cc1ccc2c(CC(=O)OCc3ncc(-c4ccccc4)o3)coc2c1C. The van der Waals surface area contributed by atoms with E-state index in [0.29, 0.717) is 11.7 Å². The van der Waals surface area contributed by atoms with Crippen LogP contribution in [0.2, 0.25) is 0 Å². The van der Waals surface area contributed by atoms with Gasteiger partial charge in [-0.25, -0.2) is 4.98 Å². The van der Waals surface area contributed by atoms with E-state index in [0.717, 1.165) is 33.2 Å². The van der Waals surface area contributed by atoms with Crippen LogP contribution in [0.1, 0.15) is 22.6 Å². The molecule has 5 nitrogen and oxygen atoms in total. The number of aromatic nitrogens is 1. The Kier molecular flexibility index (Phi) is 4.50. The Morgan fingerprint density at radius 3 is 2.74 bits per heavy atom. The maximum Gasteiger partial charge on any atom is 0.310 e. The van der Waals surface area contributed by atoms with Gasteiger partial charge in [-0.1, -0.05) is 42.5 Å². The average Bonchev–Trinajstić information content (AvgIpc) is 3.31. The Bertz CT molecular complexity index is 1090. The molecule has 0 aliphatic carbocycles. The Morgan fingerprint density at radius 2 is 1.93 bits per heavy atom. The molecule has 0 atom stereocenters. The Hall–Kier alpha value is -3.34. The van der Waals surface area contributed by atoms with Crippen LogP contribution in [-0.4, -0.2) is 11.0 Å². The lowest BCUT2D eigenvalue weighted by Gasteiger charge is -2.03. The monoisotopic (exact) mass is 361 g/mol. The third-order valence-corrected chi connectivity index (χ3v) is 4.65. The minimum Gasteiger partial charge on any atom is -0.464 e. The van der Waals surface area contributed by atoms with Crippen molar-refractivity contribution in [3.8, 4) is 11.3 Å². The second kappa shape index (κ2) is 7.11. The van der Waals surface area contributed by atoms with E-state index in [9.17, 15) is 4.79 Å². The van der Waals surface area contributed by atoms with Gasteiger partial charge < -0.3 is 13.6 Å². The highest BCUT2D eigenvalue weighted by molar-refractivity contribution is 5.88. The number of fused-ring (bicyclic) bond motifs is 1. The molecule has 0 fully saturated rings. The largest absolute Gasteiger partial charge is 0.464 e. The summed E-state index contributed by atoms with van der Waals surface area (Å²) in [6.45, 7) is 4.04. The van der Waals surface area contributed by atoms with Crippen LogP contribution in [0.3, 0.4) is 0 Å². The fourth-order valence-electron chi connectivity index (χ4n) is 2.99. The second-order valence-electron chi connectivity index (χ2n) is 6.47. The molecule has 0 aliphatic rings. The van der Waals surface area contributed by atoms with Gasteiger partial charge in [0.15, 0.2) is 12.4 Å². The fraction of sp³-hybridized carbons (Fsp3) is 0.182. The minimum atomic E-state index is -0.351. The van der Waals surface area contributed by atoms with Gasteiger partial charge in [-0.3, -0.25) is 4.79 Å². The first-order valence-electron chi connectivity index (χ1n) is 8.74. The molecule has 2 aromatic carbocycles. The molecule has 2 heterocycles. The number of hydrogen-bond donors (Lipinski definition) is 0. The first-order valence-corrected chi connectivity index (χ1v) is 8.74. The molecule has 0 bridgehead atoms. The quantitative estimate of drug-likeness (QED) is 0.469. The van der Waals surface area contributed by atoms with Crippen LogP contribution in [-0.2, 0) is 22.6 Å². The summed E-state index contributed by atoms with van der Waals surface area (Å²) in [6, 6.07) is 13.7. The van der Waals surface area contributed by atoms with E-state index in [4.69, 9.17) is 13.6 Å². The van der Waals surface area contributed by atoms with Gasteiger partial charge in [0.25, 0.3) is 0 Å². The second-order valence-corrected chi connectivity index (χ2v) is 6.47. The highest BCUT2D eigenvalue weighted by Gasteiger charge is 2.15. The minimum absolute atomic E-state index is 0.000410. The van der Waals surface area contributed by atoms with E-state index in [1.807, 2.05) is 56.3 Å². The molecule has 0 spiro atoms. The van der Waals surface area contributed by atoms with E-state index >= 15 is 0 Å². The summed E-state index contributed by atoms with van der Waals surface area (Å²) in [5.74, 6) is 0.662. The first kappa shape index (κ1) is 17.1. The molecule has 0 unspecified atom stereocenters. The molecule has 136 valence electrons. The smallest absolute Gasteiger partial charge is 0.310 e. The molecule has 0 N–H and O–H groups in total. The third kappa shape index (κ3) is 3.49. The molecule has 0 amide bonds. The molecule has 4 aromatic rings. The van der Waals surface area contributed by atoms with Gasteiger partial charge in [0, 0.05) is 16.5 Å². The number of furan rings is 1. The summed E-state index contributed by atoms with van der Waals surface area (Å²) in [4.78, 5) is 16.4. The third-order valence-electron chi connectivity index (χ3n) is 4.65. The molecule has 2 aromatic heterocycles. The lowest BCUT2D eigenvalue weighted by Crippen LogP contribution is -2.07.